The number of aryl methyl sites for hydroxylation is 2. The summed E-state index contributed by atoms with van der Waals surface area (Å²) < 4.78 is 30.4. The van der Waals surface area contributed by atoms with Gasteiger partial charge >= 0.3 is 5.97 Å². The first-order valence-corrected chi connectivity index (χ1v) is 14.7. The van der Waals surface area contributed by atoms with Gasteiger partial charge in [0, 0.05) is 37.0 Å². The number of nitrogens with two attached hydrogens (primary N) is 2. The number of aliphatic imine (C=N–C) groups is 1. The number of hydrogen-bond donors (Lipinski definition) is 6. The quantitative estimate of drug-likeness (QED) is 0.0930. The number of guanidine groups is 1. The number of carbonyl (C=O) groups excluding carboxylic acids is 2. The molecule has 3 rings (SSSR count). The van der Waals surface area contributed by atoms with Gasteiger partial charge in [0.25, 0.3) is 21.8 Å². The lowest BCUT2D eigenvalue weighted by molar-refractivity contribution is -0.139. The zero-order valence-corrected chi connectivity index (χ0v) is 24.3. The van der Waals surface area contributed by atoms with Crippen molar-refractivity contribution in [1.29, 1.82) is 0 Å². The second-order valence-corrected chi connectivity index (χ2v) is 11.7. The summed E-state index contributed by atoms with van der Waals surface area (Å²) in [4.78, 5) is 40.9. The molecule has 0 saturated carbocycles. The molecule has 8 N–H and O–H groups in total. The van der Waals surface area contributed by atoms with Crippen LogP contribution in [0.1, 0.15) is 49.8 Å². The average molecular weight is 605 g/mol. The number of rotatable bonds is 13. The van der Waals surface area contributed by atoms with Crippen molar-refractivity contribution in [2.75, 3.05) is 11.3 Å². The molecule has 0 aliphatic carbocycles. The van der Waals surface area contributed by atoms with Crippen molar-refractivity contribution in [3.05, 3.63) is 63.1 Å². The minimum atomic E-state index is -4.21. The predicted molar refractivity (Wildman–Crippen MR) is 154 cm³/mol. The third-order valence-electron chi connectivity index (χ3n) is 6.16. The molecule has 41 heavy (non-hydrogen) atoms. The molecule has 0 unspecified atom stereocenters. The number of hydrogen-bond acceptors (Lipinski definition) is 8. The SMILES string of the molecule is Cc1nn(C)c(C)c1CNC(=O)c1cccc(S(=O)(=O)Nc2ccsc2C(=O)N[C@@H](CCCN=C(N)N)C(=O)O)c1. The fraction of sp³-hybridized carbons (Fsp3) is 0.320. The van der Waals surface area contributed by atoms with Gasteiger partial charge in [-0.25, -0.2) is 13.2 Å². The molecular weight excluding hydrogens is 572 g/mol. The molecular formula is C25H32N8O6S2. The van der Waals surface area contributed by atoms with Crippen molar-refractivity contribution in [3.63, 3.8) is 0 Å². The first-order valence-electron chi connectivity index (χ1n) is 12.4. The Kier molecular flexibility index (Phi) is 10.1. The van der Waals surface area contributed by atoms with E-state index in [1.807, 2.05) is 13.8 Å². The summed E-state index contributed by atoms with van der Waals surface area (Å²) in [5, 5.41) is 20.5. The number of aliphatic carboxylic acids is 1. The molecule has 2 heterocycles. The number of carbonyl (C=O) groups is 3. The van der Waals surface area contributed by atoms with Crippen LogP contribution in [0.5, 0.6) is 0 Å². The van der Waals surface area contributed by atoms with Crippen LogP contribution >= 0.6 is 11.3 Å². The smallest absolute Gasteiger partial charge is 0.326 e. The van der Waals surface area contributed by atoms with Crippen molar-refractivity contribution in [1.82, 2.24) is 20.4 Å². The Hall–Kier alpha value is -4.44. The zero-order valence-electron chi connectivity index (χ0n) is 22.7. The Morgan fingerprint density at radius 2 is 1.90 bits per heavy atom. The lowest BCUT2D eigenvalue weighted by Crippen LogP contribution is -2.40. The largest absolute Gasteiger partial charge is 0.480 e. The van der Waals surface area contributed by atoms with E-state index in [4.69, 9.17) is 11.5 Å². The normalized spacial score (nSPS) is 11.9. The van der Waals surface area contributed by atoms with Crippen LogP contribution in [0.2, 0.25) is 0 Å². The van der Waals surface area contributed by atoms with Crippen molar-refractivity contribution in [3.8, 4) is 0 Å². The maximum atomic E-state index is 13.2. The molecule has 220 valence electrons. The second-order valence-electron chi connectivity index (χ2n) is 9.07. The molecule has 0 radical (unpaired) electrons. The van der Waals surface area contributed by atoms with Crippen LogP contribution in [0.15, 0.2) is 45.6 Å². The highest BCUT2D eigenvalue weighted by Crippen LogP contribution is 2.26. The third kappa shape index (κ3) is 8.04. The number of sulfonamides is 1. The van der Waals surface area contributed by atoms with E-state index in [0.717, 1.165) is 28.3 Å². The molecule has 2 amide bonds. The molecule has 0 bridgehead atoms. The molecule has 1 atom stereocenters. The highest BCUT2D eigenvalue weighted by molar-refractivity contribution is 7.92. The standard InChI is InChI=1S/C25H32N8O6S2/c1-14-18(15(2)33(3)31-14)13-29-22(34)16-6-4-7-17(12-16)41(38,39)32-19-9-11-40-21(19)23(35)30-20(24(36)37)8-5-10-28-25(26)27/h4,6-7,9,11-12,20,32H,5,8,10,13H2,1-3H3,(H,29,34)(H,30,35)(H,36,37)(H4,26,27,28)/t20-/m0/s1. The number of nitrogens with zero attached hydrogens (tertiary/aromatic N) is 3. The van der Waals surface area contributed by atoms with Gasteiger partial charge in [-0.2, -0.15) is 5.10 Å². The number of carboxylic acids is 1. The summed E-state index contributed by atoms with van der Waals surface area (Å²) in [6, 6.07) is 5.62. The fourth-order valence-corrected chi connectivity index (χ4v) is 5.84. The molecule has 0 aliphatic heterocycles. The van der Waals surface area contributed by atoms with Gasteiger partial charge in [0.05, 0.1) is 16.3 Å². The van der Waals surface area contributed by atoms with Gasteiger partial charge in [-0.05, 0) is 56.3 Å². The molecule has 0 saturated heterocycles. The number of benzene rings is 1. The van der Waals surface area contributed by atoms with E-state index >= 15 is 0 Å². The lowest BCUT2D eigenvalue weighted by atomic mass is 10.1. The van der Waals surface area contributed by atoms with Crippen LogP contribution in [0.4, 0.5) is 5.69 Å². The molecule has 3 aromatic rings. The predicted octanol–water partition coefficient (Wildman–Crippen LogP) is 1.07. The minimum absolute atomic E-state index is 0.0276. The van der Waals surface area contributed by atoms with Crippen LogP contribution in [0.3, 0.4) is 0 Å². The fourth-order valence-electron chi connectivity index (χ4n) is 3.90. The topological polar surface area (TPSA) is 224 Å². The molecule has 0 fully saturated rings. The lowest BCUT2D eigenvalue weighted by Gasteiger charge is -2.15. The molecule has 1 aromatic carbocycles. The van der Waals surface area contributed by atoms with Crippen molar-refractivity contribution in [2.24, 2.45) is 23.5 Å². The van der Waals surface area contributed by atoms with Crippen LogP contribution in [0, 0.1) is 13.8 Å². The summed E-state index contributed by atoms with van der Waals surface area (Å²) in [7, 11) is -2.41. The van der Waals surface area contributed by atoms with Crippen LogP contribution in [-0.4, -0.2) is 59.6 Å². The Morgan fingerprint density at radius 1 is 1.17 bits per heavy atom. The monoisotopic (exact) mass is 604 g/mol. The third-order valence-corrected chi connectivity index (χ3v) is 8.43. The van der Waals surface area contributed by atoms with Crippen LogP contribution in [-0.2, 0) is 28.4 Å². The number of nitrogens with one attached hydrogen (secondary N) is 3. The Morgan fingerprint density at radius 3 is 2.54 bits per heavy atom. The maximum Gasteiger partial charge on any atom is 0.326 e. The maximum absolute atomic E-state index is 13.2. The van der Waals surface area contributed by atoms with E-state index in [2.05, 4.69) is 25.4 Å². The summed E-state index contributed by atoms with van der Waals surface area (Å²) in [6.45, 7) is 4.13. The van der Waals surface area contributed by atoms with Gasteiger partial charge in [0.1, 0.15) is 10.9 Å². The van der Waals surface area contributed by atoms with Gasteiger partial charge in [-0.1, -0.05) is 6.07 Å². The number of thiophene rings is 1. The number of carboxylic acid groups (broad SMARTS) is 1. The van der Waals surface area contributed by atoms with Crippen molar-refractivity contribution < 1.29 is 27.9 Å². The van der Waals surface area contributed by atoms with E-state index in [-0.39, 0.29) is 46.5 Å². The van der Waals surface area contributed by atoms with E-state index in [9.17, 15) is 27.9 Å². The Balaban J connectivity index is 1.70. The zero-order chi connectivity index (χ0) is 30.3. The molecule has 0 spiro atoms. The summed E-state index contributed by atoms with van der Waals surface area (Å²) >= 11 is 0.938. The molecule has 0 aliphatic rings. The second kappa shape index (κ2) is 13.3. The van der Waals surface area contributed by atoms with Crippen LogP contribution in [0.25, 0.3) is 0 Å². The van der Waals surface area contributed by atoms with E-state index < -0.39 is 33.8 Å². The minimum Gasteiger partial charge on any atom is -0.480 e. The molecule has 14 nitrogen and oxygen atoms in total. The summed E-state index contributed by atoms with van der Waals surface area (Å²) in [6.07, 6.45) is 0.351. The van der Waals surface area contributed by atoms with Crippen molar-refractivity contribution in [2.45, 2.75) is 44.2 Å². The van der Waals surface area contributed by atoms with Gasteiger partial charge in [0.2, 0.25) is 0 Å². The van der Waals surface area contributed by atoms with Gasteiger partial charge in [-0.3, -0.25) is 24.0 Å². The van der Waals surface area contributed by atoms with Gasteiger partial charge in [0.15, 0.2) is 5.96 Å². The Bertz CT molecular complexity index is 1570. The first-order chi connectivity index (χ1) is 19.3. The summed E-state index contributed by atoms with van der Waals surface area (Å²) in [5.74, 6) is -2.62. The highest BCUT2D eigenvalue weighted by atomic mass is 32.2. The van der Waals surface area contributed by atoms with E-state index in [1.165, 1.54) is 35.7 Å². The summed E-state index contributed by atoms with van der Waals surface area (Å²) in [5.41, 5.74) is 13.2. The number of anilines is 1. The van der Waals surface area contributed by atoms with Gasteiger partial charge < -0.3 is 27.2 Å². The average Bonchev–Trinajstić information content (AvgIpc) is 3.46. The number of aromatic nitrogens is 2. The first kappa shape index (κ1) is 31.1. The van der Waals surface area contributed by atoms with Crippen molar-refractivity contribution >= 4 is 50.8 Å². The highest BCUT2D eigenvalue weighted by Gasteiger charge is 2.25. The molecule has 16 heteroatoms. The van der Waals surface area contributed by atoms with Gasteiger partial charge in [-0.15, -0.1) is 11.3 Å². The molecule has 2 aromatic heterocycles. The van der Waals surface area contributed by atoms with Crippen LogP contribution < -0.4 is 26.8 Å². The van der Waals surface area contributed by atoms with E-state index in [1.54, 1.807) is 11.7 Å². The van der Waals surface area contributed by atoms with E-state index in [0.29, 0.717) is 6.42 Å². The number of amides is 2. The Labute approximate surface area is 240 Å².